The van der Waals surface area contributed by atoms with Crippen LogP contribution in [0, 0.1) is 0 Å². The number of carbonyl (C=O) groups is 2. The van der Waals surface area contributed by atoms with Gasteiger partial charge in [-0.05, 0) is 18.2 Å². The number of ether oxygens (including phenoxy) is 1. The summed E-state index contributed by atoms with van der Waals surface area (Å²) in [5, 5.41) is 17.2. The summed E-state index contributed by atoms with van der Waals surface area (Å²) in [5.41, 5.74) is 0.597. The van der Waals surface area contributed by atoms with Crippen molar-refractivity contribution in [2.24, 2.45) is 0 Å². The molecule has 1 rings (SSSR count). The van der Waals surface area contributed by atoms with Crippen molar-refractivity contribution in [2.45, 2.75) is 0 Å². The van der Waals surface area contributed by atoms with E-state index < -0.39 is 11.9 Å². The van der Waals surface area contributed by atoms with E-state index in [0.29, 0.717) is 11.3 Å². The third kappa shape index (κ3) is 2.84. The van der Waals surface area contributed by atoms with Crippen molar-refractivity contribution in [1.82, 2.24) is 0 Å². The maximum Gasteiger partial charge on any atom is 0.335 e. The number of aromatic carboxylic acids is 1. The van der Waals surface area contributed by atoms with Crippen molar-refractivity contribution in [1.29, 1.82) is 0 Å². The van der Waals surface area contributed by atoms with E-state index in [9.17, 15) is 9.59 Å². The van der Waals surface area contributed by atoms with Crippen LogP contribution in [0.2, 0.25) is 0 Å². The van der Waals surface area contributed by atoms with Gasteiger partial charge in [0.2, 0.25) is 0 Å². The maximum atomic E-state index is 10.7. The number of aliphatic carboxylic acids is 1. The lowest BCUT2D eigenvalue weighted by atomic mass is 10.1. The lowest BCUT2D eigenvalue weighted by Crippen LogP contribution is -1.98. The number of carboxylic acid groups (broad SMARTS) is 2. The molecule has 0 heterocycles. The van der Waals surface area contributed by atoms with Crippen LogP contribution in [-0.4, -0.2) is 29.3 Å². The average Bonchev–Trinajstić information content (AvgIpc) is 2.25. The molecular formula is C11H10O5. The van der Waals surface area contributed by atoms with E-state index in [2.05, 4.69) is 0 Å². The zero-order valence-corrected chi connectivity index (χ0v) is 8.51. The van der Waals surface area contributed by atoms with Crippen molar-refractivity contribution < 1.29 is 24.5 Å². The van der Waals surface area contributed by atoms with Crippen LogP contribution in [0.1, 0.15) is 15.9 Å². The van der Waals surface area contributed by atoms with E-state index in [1.54, 1.807) is 0 Å². The second kappa shape index (κ2) is 4.97. The number of rotatable bonds is 4. The zero-order valence-electron chi connectivity index (χ0n) is 8.51. The first kappa shape index (κ1) is 11.8. The van der Waals surface area contributed by atoms with Crippen LogP contribution in [0.3, 0.4) is 0 Å². The maximum absolute atomic E-state index is 10.7. The molecule has 0 saturated carbocycles. The minimum atomic E-state index is -1.08. The minimum Gasteiger partial charge on any atom is -0.496 e. The fraction of sp³-hybridized carbons (Fsp3) is 0.0909. The number of hydrogen-bond acceptors (Lipinski definition) is 3. The van der Waals surface area contributed by atoms with Crippen LogP contribution in [0.15, 0.2) is 24.3 Å². The van der Waals surface area contributed by atoms with Gasteiger partial charge in [0, 0.05) is 11.6 Å². The van der Waals surface area contributed by atoms with Gasteiger partial charge in [0.15, 0.2) is 0 Å². The molecule has 0 radical (unpaired) electrons. The monoisotopic (exact) mass is 222 g/mol. The fourth-order valence-corrected chi connectivity index (χ4v) is 1.14. The van der Waals surface area contributed by atoms with E-state index in [1.165, 1.54) is 31.4 Å². The van der Waals surface area contributed by atoms with E-state index in [-0.39, 0.29) is 5.56 Å². The topological polar surface area (TPSA) is 83.8 Å². The Kier molecular flexibility index (Phi) is 3.66. The second-order valence-corrected chi connectivity index (χ2v) is 2.93. The fourth-order valence-electron chi connectivity index (χ4n) is 1.14. The van der Waals surface area contributed by atoms with Gasteiger partial charge in [-0.1, -0.05) is 6.07 Å². The number of carboxylic acids is 2. The Morgan fingerprint density at radius 1 is 1.31 bits per heavy atom. The third-order valence-electron chi connectivity index (χ3n) is 1.89. The normalized spacial score (nSPS) is 10.3. The lowest BCUT2D eigenvalue weighted by molar-refractivity contribution is -0.131. The molecule has 0 spiro atoms. The Bertz CT molecular complexity index is 448. The standard InChI is InChI=1S/C11H10O5/c1-16-9-6-8(11(14)15)3-2-7(9)4-5-10(12)13/h2-6H,1H3,(H,12,13)(H,14,15). The van der Waals surface area contributed by atoms with Gasteiger partial charge in [0.1, 0.15) is 5.75 Å². The van der Waals surface area contributed by atoms with Crippen LogP contribution >= 0.6 is 0 Å². The quantitative estimate of drug-likeness (QED) is 0.754. The van der Waals surface area contributed by atoms with E-state index in [0.717, 1.165) is 6.08 Å². The van der Waals surface area contributed by atoms with Gasteiger partial charge in [0.05, 0.1) is 12.7 Å². The molecule has 0 aliphatic carbocycles. The van der Waals surface area contributed by atoms with Gasteiger partial charge in [0.25, 0.3) is 0 Å². The predicted octanol–water partition coefficient (Wildman–Crippen LogP) is 1.49. The van der Waals surface area contributed by atoms with E-state index in [4.69, 9.17) is 14.9 Å². The molecule has 84 valence electrons. The van der Waals surface area contributed by atoms with Crippen LogP contribution in [-0.2, 0) is 4.79 Å². The molecule has 0 aromatic heterocycles. The van der Waals surface area contributed by atoms with Gasteiger partial charge in [-0.3, -0.25) is 0 Å². The highest BCUT2D eigenvalue weighted by molar-refractivity contribution is 5.90. The highest BCUT2D eigenvalue weighted by atomic mass is 16.5. The molecule has 0 aliphatic rings. The van der Waals surface area contributed by atoms with Gasteiger partial charge in [-0.15, -0.1) is 0 Å². The van der Waals surface area contributed by atoms with E-state index in [1.807, 2.05) is 0 Å². The first-order valence-corrected chi connectivity index (χ1v) is 4.37. The SMILES string of the molecule is COc1cc(C(=O)O)ccc1C=CC(=O)O. The smallest absolute Gasteiger partial charge is 0.335 e. The Morgan fingerprint density at radius 3 is 2.50 bits per heavy atom. The summed E-state index contributed by atoms with van der Waals surface area (Å²) in [5.74, 6) is -1.83. The molecule has 16 heavy (non-hydrogen) atoms. The summed E-state index contributed by atoms with van der Waals surface area (Å²) < 4.78 is 4.96. The summed E-state index contributed by atoms with van der Waals surface area (Å²) >= 11 is 0. The molecule has 2 N–H and O–H groups in total. The first-order valence-electron chi connectivity index (χ1n) is 4.37. The molecule has 0 atom stereocenters. The van der Waals surface area contributed by atoms with Crippen molar-refractivity contribution in [3.8, 4) is 5.75 Å². The first-order chi connectivity index (χ1) is 7.54. The lowest BCUT2D eigenvalue weighted by Gasteiger charge is -2.05. The molecule has 0 bridgehead atoms. The summed E-state index contributed by atoms with van der Waals surface area (Å²) in [7, 11) is 1.39. The molecule has 5 heteroatoms. The molecule has 1 aromatic carbocycles. The average molecular weight is 222 g/mol. The van der Waals surface area contributed by atoms with Crippen LogP contribution in [0.25, 0.3) is 6.08 Å². The number of benzene rings is 1. The van der Waals surface area contributed by atoms with Crippen LogP contribution in [0.4, 0.5) is 0 Å². The van der Waals surface area contributed by atoms with Gasteiger partial charge in [-0.2, -0.15) is 0 Å². The molecule has 5 nitrogen and oxygen atoms in total. The van der Waals surface area contributed by atoms with Crippen LogP contribution < -0.4 is 4.74 Å². The highest BCUT2D eigenvalue weighted by Gasteiger charge is 2.07. The third-order valence-corrected chi connectivity index (χ3v) is 1.89. The Morgan fingerprint density at radius 2 is 2.00 bits per heavy atom. The van der Waals surface area contributed by atoms with E-state index >= 15 is 0 Å². The van der Waals surface area contributed by atoms with Gasteiger partial charge >= 0.3 is 11.9 Å². The molecular weight excluding hydrogens is 212 g/mol. The second-order valence-electron chi connectivity index (χ2n) is 2.93. The Hall–Kier alpha value is -2.30. The van der Waals surface area contributed by atoms with Crippen molar-refractivity contribution in [2.75, 3.05) is 7.11 Å². The van der Waals surface area contributed by atoms with Crippen molar-refractivity contribution >= 4 is 18.0 Å². The molecule has 1 aromatic rings. The summed E-state index contributed by atoms with van der Waals surface area (Å²) in [4.78, 5) is 21.0. The molecule has 0 unspecified atom stereocenters. The largest absolute Gasteiger partial charge is 0.496 e. The van der Waals surface area contributed by atoms with Gasteiger partial charge in [-0.25, -0.2) is 9.59 Å². The molecule has 0 aliphatic heterocycles. The van der Waals surface area contributed by atoms with Crippen LogP contribution in [0.5, 0.6) is 5.75 Å². The summed E-state index contributed by atoms with van der Waals surface area (Å²) in [6.45, 7) is 0. The number of methoxy groups -OCH3 is 1. The molecule has 0 fully saturated rings. The van der Waals surface area contributed by atoms with Crippen molar-refractivity contribution in [3.63, 3.8) is 0 Å². The molecule has 0 saturated heterocycles. The predicted molar refractivity (Wildman–Crippen MR) is 56.6 cm³/mol. The summed E-state index contributed by atoms with van der Waals surface area (Å²) in [6.07, 6.45) is 2.30. The van der Waals surface area contributed by atoms with Crippen molar-refractivity contribution in [3.05, 3.63) is 35.4 Å². The Labute approximate surface area is 91.6 Å². The molecule has 0 amide bonds. The summed E-state index contributed by atoms with van der Waals surface area (Å²) in [6, 6.07) is 4.21. The zero-order chi connectivity index (χ0) is 12.1. The number of hydrogen-bond donors (Lipinski definition) is 2. The Balaban J connectivity index is 3.11. The van der Waals surface area contributed by atoms with Gasteiger partial charge < -0.3 is 14.9 Å². The minimum absolute atomic E-state index is 0.0873. The highest BCUT2D eigenvalue weighted by Crippen LogP contribution is 2.21.